The van der Waals surface area contributed by atoms with Crippen molar-refractivity contribution >= 4 is 18.3 Å². The maximum Gasteiger partial charge on any atom is 0.228 e. The molecule has 0 radical (unpaired) electrons. The van der Waals surface area contributed by atoms with Gasteiger partial charge in [0.25, 0.3) is 0 Å². The van der Waals surface area contributed by atoms with Gasteiger partial charge in [-0.05, 0) is 25.7 Å². The van der Waals surface area contributed by atoms with E-state index in [2.05, 4.69) is 0 Å². The number of nitrogens with two attached hydrogens (primary N) is 1. The number of hydrogen-bond donors (Lipinski definition) is 1. The van der Waals surface area contributed by atoms with Crippen LogP contribution in [0.1, 0.15) is 25.7 Å². The molecule has 16 heavy (non-hydrogen) atoms. The highest BCUT2D eigenvalue weighted by Gasteiger charge is 2.32. The number of carbonyl (C=O) groups excluding carboxylic acids is 1. The topological polar surface area (TPSA) is 55.6 Å². The summed E-state index contributed by atoms with van der Waals surface area (Å²) in [6, 6.07) is 0.270. The van der Waals surface area contributed by atoms with Gasteiger partial charge in [-0.3, -0.25) is 4.79 Å². The molecule has 5 heteroatoms. The molecule has 94 valence electrons. The lowest BCUT2D eigenvalue weighted by molar-refractivity contribution is -0.139. The Hall–Kier alpha value is -0.320. The van der Waals surface area contributed by atoms with Crippen LogP contribution < -0.4 is 5.73 Å². The second-order valence-corrected chi connectivity index (χ2v) is 4.48. The van der Waals surface area contributed by atoms with Gasteiger partial charge in [-0.1, -0.05) is 0 Å². The molecule has 0 aromatic rings. The Bertz CT molecular complexity index is 232. The van der Waals surface area contributed by atoms with Crippen LogP contribution in [0.25, 0.3) is 0 Å². The molecule has 4 nitrogen and oxygen atoms in total. The molecule has 2 heterocycles. The van der Waals surface area contributed by atoms with Crippen LogP contribution in [0.2, 0.25) is 0 Å². The largest absolute Gasteiger partial charge is 0.381 e. The zero-order valence-corrected chi connectivity index (χ0v) is 10.4. The van der Waals surface area contributed by atoms with Crippen LogP contribution >= 0.6 is 12.4 Å². The van der Waals surface area contributed by atoms with Crippen molar-refractivity contribution in [3.63, 3.8) is 0 Å². The van der Waals surface area contributed by atoms with E-state index < -0.39 is 0 Å². The van der Waals surface area contributed by atoms with E-state index in [0.29, 0.717) is 13.2 Å². The maximum atomic E-state index is 12.2. The molecule has 2 rings (SSSR count). The third-order valence-corrected chi connectivity index (χ3v) is 3.46. The standard InChI is InChI=1S/C11H20N2O2.ClH/c12-7-10-3-1-2-5-13(10)11(14)9-4-6-15-8-9;/h9-10H,1-8,12H2;1H. The quantitative estimate of drug-likeness (QED) is 0.786. The van der Waals surface area contributed by atoms with Crippen LogP contribution in [0.4, 0.5) is 0 Å². The molecule has 0 aliphatic carbocycles. The molecular formula is C11H21ClN2O2. The minimum Gasteiger partial charge on any atom is -0.381 e. The molecule has 2 saturated heterocycles. The Balaban J connectivity index is 0.00000128. The molecule has 0 aromatic carbocycles. The third kappa shape index (κ3) is 2.87. The molecule has 0 aromatic heterocycles. The summed E-state index contributed by atoms with van der Waals surface area (Å²) in [4.78, 5) is 14.1. The summed E-state index contributed by atoms with van der Waals surface area (Å²) in [5.74, 6) is 0.361. The van der Waals surface area contributed by atoms with E-state index in [1.807, 2.05) is 4.90 Å². The summed E-state index contributed by atoms with van der Waals surface area (Å²) in [6.45, 7) is 2.82. The normalized spacial score (nSPS) is 29.9. The second-order valence-electron chi connectivity index (χ2n) is 4.48. The molecule has 2 N–H and O–H groups in total. The highest BCUT2D eigenvalue weighted by molar-refractivity contribution is 5.85. The maximum absolute atomic E-state index is 12.2. The smallest absolute Gasteiger partial charge is 0.228 e. The molecule has 2 aliphatic heterocycles. The summed E-state index contributed by atoms with van der Waals surface area (Å²) in [6.07, 6.45) is 4.27. The van der Waals surface area contributed by atoms with Gasteiger partial charge < -0.3 is 15.4 Å². The SMILES string of the molecule is Cl.NCC1CCCCN1C(=O)C1CCOC1. The van der Waals surface area contributed by atoms with Crippen molar-refractivity contribution in [2.75, 3.05) is 26.3 Å². The van der Waals surface area contributed by atoms with E-state index in [0.717, 1.165) is 32.4 Å². The van der Waals surface area contributed by atoms with E-state index in [1.165, 1.54) is 6.42 Å². The Morgan fingerprint density at radius 2 is 2.19 bits per heavy atom. The van der Waals surface area contributed by atoms with Crippen LogP contribution in [0.3, 0.4) is 0 Å². The van der Waals surface area contributed by atoms with Gasteiger partial charge in [0.1, 0.15) is 0 Å². The van der Waals surface area contributed by atoms with Crippen molar-refractivity contribution in [3.8, 4) is 0 Å². The van der Waals surface area contributed by atoms with Crippen LogP contribution in [-0.2, 0) is 9.53 Å². The summed E-state index contributed by atoms with van der Waals surface area (Å²) in [5.41, 5.74) is 5.70. The summed E-state index contributed by atoms with van der Waals surface area (Å²) in [5, 5.41) is 0. The number of carbonyl (C=O) groups is 1. The Kier molecular flexibility index (Phi) is 5.52. The first-order valence-electron chi connectivity index (χ1n) is 5.91. The third-order valence-electron chi connectivity index (χ3n) is 3.46. The zero-order chi connectivity index (χ0) is 10.7. The Morgan fingerprint density at radius 1 is 1.38 bits per heavy atom. The molecule has 2 unspecified atom stereocenters. The number of nitrogens with zero attached hydrogens (tertiary/aromatic N) is 1. The van der Waals surface area contributed by atoms with Gasteiger partial charge in [0, 0.05) is 25.7 Å². The first-order valence-corrected chi connectivity index (χ1v) is 5.91. The van der Waals surface area contributed by atoms with Gasteiger partial charge in [-0.25, -0.2) is 0 Å². The van der Waals surface area contributed by atoms with E-state index in [-0.39, 0.29) is 30.3 Å². The van der Waals surface area contributed by atoms with Gasteiger partial charge >= 0.3 is 0 Å². The van der Waals surface area contributed by atoms with Crippen molar-refractivity contribution in [1.29, 1.82) is 0 Å². The number of likely N-dealkylation sites (tertiary alicyclic amines) is 1. The summed E-state index contributed by atoms with van der Waals surface area (Å²) in [7, 11) is 0. The Labute approximate surface area is 103 Å². The van der Waals surface area contributed by atoms with Crippen molar-refractivity contribution in [1.82, 2.24) is 4.90 Å². The number of ether oxygens (including phenoxy) is 1. The first-order chi connectivity index (χ1) is 7.33. The van der Waals surface area contributed by atoms with Gasteiger partial charge in [0.05, 0.1) is 12.5 Å². The lowest BCUT2D eigenvalue weighted by Gasteiger charge is -2.36. The summed E-state index contributed by atoms with van der Waals surface area (Å²) < 4.78 is 5.26. The average Bonchev–Trinajstić information content (AvgIpc) is 2.81. The molecule has 0 saturated carbocycles. The first kappa shape index (κ1) is 13.7. The van der Waals surface area contributed by atoms with Crippen LogP contribution in [-0.4, -0.2) is 43.2 Å². The van der Waals surface area contributed by atoms with Crippen molar-refractivity contribution < 1.29 is 9.53 Å². The highest BCUT2D eigenvalue weighted by atomic mass is 35.5. The number of rotatable bonds is 2. The van der Waals surface area contributed by atoms with Gasteiger partial charge in [0.2, 0.25) is 5.91 Å². The number of amides is 1. The second kappa shape index (κ2) is 6.42. The average molecular weight is 249 g/mol. The Morgan fingerprint density at radius 3 is 2.81 bits per heavy atom. The lowest BCUT2D eigenvalue weighted by atomic mass is 9.99. The lowest BCUT2D eigenvalue weighted by Crippen LogP contribution is -2.49. The van der Waals surface area contributed by atoms with Gasteiger partial charge in [-0.2, -0.15) is 0 Å². The molecule has 0 bridgehead atoms. The van der Waals surface area contributed by atoms with Crippen molar-refractivity contribution in [2.24, 2.45) is 11.7 Å². The van der Waals surface area contributed by atoms with Crippen molar-refractivity contribution in [2.45, 2.75) is 31.7 Å². The van der Waals surface area contributed by atoms with Gasteiger partial charge in [0.15, 0.2) is 0 Å². The highest BCUT2D eigenvalue weighted by Crippen LogP contribution is 2.22. The zero-order valence-electron chi connectivity index (χ0n) is 9.56. The van der Waals surface area contributed by atoms with Crippen LogP contribution in [0, 0.1) is 5.92 Å². The molecule has 1 amide bonds. The number of hydrogen-bond acceptors (Lipinski definition) is 3. The van der Waals surface area contributed by atoms with E-state index in [4.69, 9.17) is 10.5 Å². The van der Waals surface area contributed by atoms with Gasteiger partial charge in [-0.15, -0.1) is 12.4 Å². The summed E-state index contributed by atoms with van der Waals surface area (Å²) >= 11 is 0. The van der Waals surface area contributed by atoms with E-state index in [9.17, 15) is 4.79 Å². The number of piperidine rings is 1. The fraction of sp³-hybridized carbons (Fsp3) is 0.909. The van der Waals surface area contributed by atoms with E-state index >= 15 is 0 Å². The minimum atomic E-state index is 0. The van der Waals surface area contributed by atoms with Crippen LogP contribution in [0.15, 0.2) is 0 Å². The molecular weight excluding hydrogens is 228 g/mol. The number of halogens is 1. The molecule has 2 aliphatic rings. The minimum absolute atomic E-state index is 0. The molecule has 0 spiro atoms. The molecule has 2 fully saturated rings. The predicted molar refractivity (Wildman–Crippen MR) is 64.6 cm³/mol. The van der Waals surface area contributed by atoms with Crippen molar-refractivity contribution in [3.05, 3.63) is 0 Å². The van der Waals surface area contributed by atoms with Crippen LogP contribution in [0.5, 0.6) is 0 Å². The molecule has 2 atom stereocenters. The fourth-order valence-electron chi connectivity index (χ4n) is 2.50. The monoisotopic (exact) mass is 248 g/mol. The predicted octanol–water partition coefficient (Wildman–Crippen LogP) is 0.784. The fourth-order valence-corrected chi connectivity index (χ4v) is 2.50. The van der Waals surface area contributed by atoms with E-state index in [1.54, 1.807) is 0 Å².